The molecule has 0 atom stereocenters. The molecule has 0 unspecified atom stereocenters. The normalized spacial score (nSPS) is 10.5. The molecule has 0 aliphatic rings. The van der Waals surface area contributed by atoms with E-state index in [1.807, 2.05) is 19.1 Å². The van der Waals surface area contributed by atoms with Crippen LogP contribution in [0.5, 0.6) is 0 Å². The van der Waals surface area contributed by atoms with Crippen molar-refractivity contribution in [1.29, 1.82) is 0 Å². The number of carbonyl (C=O) groups excluding carboxylic acids is 2. The first-order chi connectivity index (χ1) is 8.15. The number of carbonyl (C=O) groups is 2. The topological polar surface area (TPSA) is 47.3 Å². The second-order valence-electron chi connectivity index (χ2n) is 4.23. The van der Waals surface area contributed by atoms with Crippen LogP contribution in [0.2, 0.25) is 0 Å². The lowest BCUT2D eigenvalue weighted by atomic mass is 10.1. The van der Waals surface area contributed by atoms with Crippen molar-refractivity contribution >= 4 is 11.6 Å². The van der Waals surface area contributed by atoms with Crippen LogP contribution in [-0.2, 0) is 22.4 Å². The first-order valence-corrected chi connectivity index (χ1v) is 6.26. The summed E-state index contributed by atoms with van der Waals surface area (Å²) in [4.78, 5) is 22.7. The molecule has 0 N–H and O–H groups in total. The van der Waals surface area contributed by atoms with Gasteiger partial charge in [0.15, 0.2) is 0 Å². The van der Waals surface area contributed by atoms with E-state index in [9.17, 15) is 9.59 Å². The SMILES string of the molecule is CCCc1ccc(CC(=O)CCC(=O)CC)o1. The highest BCUT2D eigenvalue weighted by atomic mass is 16.3. The fourth-order valence-electron chi connectivity index (χ4n) is 1.64. The zero-order valence-corrected chi connectivity index (χ0v) is 10.6. The van der Waals surface area contributed by atoms with E-state index in [1.165, 1.54) is 0 Å². The van der Waals surface area contributed by atoms with E-state index in [1.54, 1.807) is 0 Å². The third-order valence-electron chi connectivity index (χ3n) is 2.66. The van der Waals surface area contributed by atoms with Crippen LogP contribution in [0, 0.1) is 0 Å². The average Bonchev–Trinajstić information content (AvgIpc) is 2.74. The first-order valence-electron chi connectivity index (χ1n) is 6.26. The van der Waals surface area contributed by atoms with E-state index < -0.39 is 0 Å². The van der Waals surface area contributed by atoms with E-state index in [0.29, 0.717) is 31.4 Å². The van der Waals surface area contributed by atoms with E-state index in [0.717, 1.165) is 18.6 Å². The van der Waals surface area contributed by atoms with Gasteiger partial charge < -0.3 is 4.42 Å². The Bertz CT molecular complexity index is 377. The maximum absolute atomic E-state index is 11.6. The molecule has 0 radical (unpaired) electrons. The Balaban J connectivity index is 2.36. The van der Waals surface area contributed by atoms with Crippen molar-refractivity contribution in [2.24, 2.45) is 0 Å². The minimum Gasteiger partial charge on any atom is -0.466 e. The first kappa shape index (κ1) is 13.7. The predicted molar refractivity (Wildman–Crippen MR) is 65.9 cm³/mol. The van der Waals surface area contributed by atoms with Crippen LogP contribution in [0.3, 0.4) is 0 Å². The highest BCUT2D eigenvalue weighted by Gasteiger charge is 2.09. The Hall–Kier alpha value is -1.38. The summed E-state index contributed by atoms with van der Waals surface area (Å²) in [5, 5.41) is 0. The number of furan rings is 1. The molecule has 0 fully saturated rings. The van der Waals surface area contributed by atoms with Crippen molar-refractivity contribution in [3.63, 3.8) is 0 Å². The third-order valence-corrected chi connectivity index (χ3v) is 2.66. The number of aryl methyl sites for hydroxylation is 1. The van der Waals surface area contributed by atoms with E-state index in [4.69, 9.17) is 4.42 Å². The summed E-state index contributed by atoms with van der Waals surface area (Å²) >= 11 is 0. The smallest absolute Gasteiger partial charge is 0.140 e. The maximum Gasteiger partial charge on any atom is 0.140 e. The van der Waals surface area contributed by atoms with E-state index in [2.05, 4.69) is 6.92 Å². The second kappa shape index (κ2) is 7.05. The molecule has 3 nitrogen and oxygen atoms in total. The van der Waals surface area contributed by atoms with Gasteiger partial charge in [-0.1, -0.05) is 13.8 Å². The molecule has 1 aromatic rings. The molecule has 0 aliphatic carbocycles. The Kier molecular flexibility index (Phi) is 5.67. The maximum atomic E-state index is 11.6. The quantitative estimate of drug-likeness (QED) is 0.696. The van der Waals surface area contributed by atoms with Crippen LogP contribution < -0.4 is 0 Å². The number of rotatable bonds is 8. The lowest BCUT2D eigenvalue weighted by Gasteiger charge is -1.98. The standard InChI is InChI=1S/C14H20O3/c1-3-5-13-8-9-14(17-13)10-12(16)7-6-11(15)4-2/h8-9H,3-7,10H2,1-2H3. The molecule has 0 saturated heterocycles. The van der Waals surface area contributed by atoms with Gasteiger partial charge in [-0.25, -0.2) is 0 Å². The second-order valence-corrected chi connectivity index (χ2v) is 4.23. The molecule has 0 saturated carbocycles. The van der Waals surface area contributed by atoms with Gasteiger partial charge in [0, 0.05) is 25.7 Å². The van der Waals surface area contributed by atoms with Crippen LogP contribution in [0.25, 0.3) is 0 Å². The average molecular weight is 236 g/mol. The summed E-state index contributed by atoms with van der Waals surface area (Å²) in [7, 11) is 0. The molecule has 0 spiro atoms. The minimum atomic E-state index is 0.0733. The van der Waals surface area contributed by atoms with Crippen molar-refractivity contribution in [2.75, 3.05) is 0 Å². The zero-order valence-electron chi connectivity index (χ0n) is 10.6. The summed E-state index contributed by atoms with van der Waals surface area (Å²) in [6, 6.07) is 3.77. The highest BCUT2D eigenvalue weighted by molar-refractivity contribution is 5.86. The Morgan fingerprint density at radius 3 is 2.35 bits per heavy atom. The molecule has 0 aromatic carbocycles. The molecule has 94 valence electrons. The van der Waals surface area contributed by atoms with Gasteiger partial charge in [0.2, 0.25) is 0 Å². The summed E-state index contributed by atoms with van der Waals surface area (Å²) in [6.45, 7) is 3.90. The van der Waals surface area contributed by atoms with Crippen molar-refractivity contribution in [2.45, 2.75) is 52.4 Å². The summed E-state index contributed by atoms with van der Waals surface area (Å²) in [6.07, 6.45) is 3.44. The summed E-state index contributed by atoms with van der Waals surface area (Å²) < 4.78 is 5.52. The molecule has 0 bridgehead atoms. The molecule has 1 heterocycles. The molecule has 0 amide bonds. The predicted octanol–water partition coefficient (Wildman–Crippen LogP) is 3.10. The Labute approximate surface area is 102 Å². The molecular weight excluding hydrogens is 216 g/mol. The van der Waals surface area contributed by atoms with Gasteiger partial charge in [-0.15, -0.1) is 0 Å². The number of ketones is 2. The van der Waals surface area contributed by atoms with Gasteiger partial charge >= 0.3 is 0 Å². The molecular formula is C14H20O3. The van der Waals surface area contributed by atoms with Crippen LogP contribution in [0.15, 0.2) is 16.5 Å². The molecule has 1 rings (SSSR count). The van der Waals surface area contributed by atoms with Crippen molar-refractivity contribution in [1.82, 2.24) is 0 Å². The van der Waals surface area contributed by atoms with Crippen LogP contribution >= 0.6 is 0 Å². The molecule has 3 heteroatoms. The van der Waals surface area contributed by atoms with Gasteiger partial charge in [-0.05, 0) is 18.6 Å². The largest absolute Gasteiger partial charge is 0.466 e. The molecule has 1 aromatic heterocycles. The number of Topliss-reactive ketones (excluding diaryl/α,β-unsaturated/α-hetero) is 2. The zero-order chi connectivity index (χ0) is 12.7. The molecule has 0 aliphatic heterocycles. The van der Waals surface area contributed by atoms with Gasteiger partial charge in [0.25, 0.3) is 0 Å². The summed E-state index contributed by atoms with van der Waals surface area (Å²) in [5.74, 6) is 1.86. The monoisotopic (exact) mass is 236 g/mol. The van der Waals surface area contributed by atoms with Crippen molar-refractivity contribution in [3.8, 4) is 0 Å². The third kappa shape index (κ3) is 4.98. The Morgan fingerprint density at radius 2 is 1.71 bits per heavy atom. The van der Waals surface area contributed by atoms with Gasteiger partial charge in [-0.3, -0.25) is 9.59 Å². The van der Waals surface area contributed by atoms with Gasteiger partial charge in [0.1, 0.15) is 23.1 Å². The lowest BCUT2D eigenvalue weighted by molar-refractivity contribution is -0.123. The number of hydrogen-bond donors (Lipinski definition) is 0. The van der Waals surface area contributed by atoms with Crippen molar-refractivity contribution in [3.05, 3.63) is 23.7 Å². The van der Waals surface area contributed by atoms with Gasteiger partial charge in [0.05, 0.1) is 6.42 Å². The fraction of sp³-hybridized carbons (Fsp3) is 0.571. The minimum absolute atomic E-state index is 0.0733. The van der Waals surface area contributed by atoms with Crippen molar-refractivity contribution < 1.29 is 14.0 Å². The summed E-state index contributed by atoms with van der Waals surface area (Å²) in [5.41, 5.74) is 0. The van der Waals surface area contributed by atoms with Crippen LogP contribution in [-0.4, -0.2) is 11.6 Å². The van der Waals surface area contributed by atoms with Gasteiger partial charge in [-0.2, -0.15) is 0 Å². The van der Waals surface area contributed by atoms with E-state index in [-0.39, 0.29) is 11.6 Å². The van der Waals surface area contributed by atoms with Crippen LogP contribution in [0.4, 0.5) is 0 Å². The fourth-order valence-corrected chi connectivity index (χ4v) is 1.64. The Morgan fingerprint density at radius 1 is 1.06 bits per heavy atom. The highest BCUT2D eigenvalue weighted by Crippen LogP contribution is 2.12. The molecule has 17 heavy (non-hydrogen) atoms. The number of hydrogen-bond acceptors (Lipinski definition) is 3. The van der Waals surface area contributed by atoms with Crippen LogP contribution in [0.1, 0.15) is 51.1 Å². The lowest BCUT2D eigenvalue weighted by Crippen LogP contribution is -2.05. The van der Waals surface area contributed by atoms with E-state index >= 15 is 0 Å².